The van der Waals surface area contributed by atoms with Crippen molar-refractivity contribution < 1.29 is 18.3 Å². The summed E-state index contributed by atoms with van der Waals surface area (Å²) in [5, 5.41) is 9.39. The van der Waals surface area contributed by atoms with Crippen molar-refractivity contribution in [2.45, 2.75) is 4.90 Å². The zero-order chi connectivity index (χ0) is 12.6. The third kappa shape index (κ3) is 2.26. The second-order valence-electron chi connectivity index (χ2n) is 3.66. The van der Waals surface area contributed by atoms with E-state index in [1.807, 2.05) is 0 Å². The van der Waals surface area contributed by atoms with Crippen LogP contribution in [0.4, 0.5) is 0 Å². The van der Waals surface area contributed by atoms with Gasteiger partial charge in [0.1, 0.15) is 0 Å². The van der Waals surface area contributed by atoms with Crippen molar-refractivity contribution in [2.24, 2.45) is 0 Å². The Bertz CT molecular complexity index is 706. The number of rotatable bonds is 2. The zero-order valence-electron chi connectivity index (χ0n) is 8.91. The first-order valence-corrected chi connectivity index (χ1v) is 6.60. The van der Waals surface area contributed by atoms with Crippen LogP contribution in [0.2, 0.25) is 0 Å². The van der Waals surface area contributed by atoms with Gasteiger partial charge in [0.2, 0.25) is 0 Å². The quantitative estimate of drug-likeness (QED) is 0.870. The lowest BCUT2D eigenvalue weighted by molar-refractivity contribution is 0.0696. The fourth-order valence-electron chi connectivity index (χ4n) is 1.45. The molecule has 0 fully saturated rings. The normalized spacial score (nSPS) is 11.6. The van der Waals surface area contributed by atoms with Crippen LogP contribution in [-0.2, 0) is 9.84 Å². The van der Waals surface area contributed by atoms with Gasteiger partial charge in [0.05, 0.1) is 16.0 Å². The van der Waals surface area contributed by atoms with Crippen LogP contribution in [0.5, 0.6) is 0 Å². The summed E-state index contributed by atoms with van der Waals surface area (Å²) in [6.07, 6.45) is 2.32. The molecule has 0 unspecified atom stereocenters. The summed E-state index contributed by atoms with van der Waals surface area (Å²) in [6.45, 7) is 0. The first-order valence-electron chi connectivity index (χ1n) is 4.71. The van der Waals surface area contributed by atoms with Gasteiger partial charge in [-0.2, -0.15) is 0 Å². The summed E-state index contributed by atoms with van der Waals surface area (Å²) in [6, 6.07) is 5.86. The Kier molecular flexibility index (Phi) is 2.59. The van der Waals surface area contributed by atoms with E-state index in [0.29, 0.717) is 10.9 Å². The number of aromatic carboxylic acids is 1. The average Bonchev–Trinajstić information content (AvgIpc) is 2.26. The minimum absolute atomic E-state index is 0.0737. The second-order valence-corrected chi connectivity index (χ2v) is 5.67. The van der Waals surface area contributed by atoms with Crippen LogP contribution >= 0.6 is 0 Å². The van der Waals surface area contributed by atoms with E-state index < -0.39 is 15.8 Å². The second kappa shape index (κ2) is 3.81. The van der Waals surface area contributed by atoms with E-state index in [0.717, 1.165) is 6.26 Å². The first-order chi connectivity index (χ1) is 7.88. The topological polar surface area (TPSA) is 84.3 Å². The molecular weight excluding hydrogens is 242 g/mol. The van der Waals surface area contributed by atoms with Gasteiger partial charge < -0.3 is 5.11 Å². The highest BCUT2D eigenvalue weighted by Gasteiger charge is 2.09. The van der Waals surface area contributed by atoms with Gasteiger partial charge in [-0.25, -0.2) is 13.2 Å². The lowest BCUT2D eigenvalue weighted by Crippen LogP contribution is -1.99. The van der Waals surface area contributed by atoms with Crippen LogP contribution in [0.1, 0.15) is 10.4 Å². The van der Waals surface area contributed by atoms with Gasteiger partial charge in [0.15, 0.2) is 9.84 Å². The standard InChI is InChI=1S/C11H9NO4S/c1-17(15,16)9-3-2-7-4-8(11(13)14)6-12-10(7)5-9/h2-6H,1H3,(H,13,14). The van der Waals surface area contributed by atoms with Crippen LogP contribution < -0.4 is 0 Å². The number of fused-ring (bicyclic) bond motifs is 1. The van der Waals surface area contributed by atoms with E-state index in [9.17, 15) is 13.2 Å². The molecule has 0 bridgehead atoms. The molecule has 5 nitrogen and oxygen atoms in total. The van der Waals surface area contributed by atoms with Crippen molar-refractivity contribution in [1.29, 1.82) is 0 Å². The van der Waals surface area contributed by atoms with Crippen LogP contribution in [-0.4, -0.2) is 30.7 Å². The molecule has 0 aliphatic carbocycles. The van der Waals surface area contributed by atoms with E-state index in [1.54, 1.807) is 6.07 Å². The highest BCUT2D eigenvalue weighted by molar-refractivity contribution is 7.90. The molecule has 0 spiro atoms. The Hall–Kier alpha value is -1.95. The smallest absolute Gasteiger partial charge is 0.337 e. The van der Waals surface area contributed by atoms with E-state index in [-0.39, 0.29) is 10.5 Å². The minimum atomic E-state index is -3.28. The number of nitrogens with zero attached hydrogens (tertiary/aromatic N) is 1. The van der Waals surface area contributed by atoms with Crippen molar-refractivity contribution in [1.82, 2.24) is 4.98 Å². The molecule has 0 amide bonds. The van der Waals surface area contributed by atoms with Crippen molar-refractivity contribution in [2.75, 3.05) is 6.26 Å². The highest BCUT2D eigenvalue weighted by atomic mass is 32.2. The van der Waals surface area contributed by atoms with Gasteiger partial charge in [-0.3, -0.25) is 4.98 Å². The maximum atomic E-state index is 11.3. The summed E-state index contributed by atoms with van der Waals surface area (Å²) >= 11 is 0. The van der Waals surface area contributed by atoms with Crippen molar-refractivity contribution in [3.05, 3.63) is 36.0 Å². The number of carbonyl (C=O) groups is 1. The monoisotopic (exact) mass is 251 g/mol. The van der Waals surface area contributed by atoms with Gasteiger partial charge in [-0.1, -0.05) is 6.07 Å². The predicted molar refractivity (Wildman–Crippen MR) is 61.8 cm³/mol. The number of sulfone groups is 1. The predicted octanol–water partition coefficient (Wildman–Crippen LogP) is 1.34. The Morgan fingerprint density at radius 3 is 2.59 bits per heavy atom. The fourth-order valence-corrected chi connectivity index (χ4v) is 2.09. The van der Waals surface area contributed by atoms with Gasteiger partial charge >= 0.3 is 5.97 Å². The fraction of sp³-hybridized carbons (Fsp3) is 0.0909. The first kappa shape index (κ1) is 11.5. The van der Waals surface area contributed by atoms with E-state index in [4.69, 9.17) is 5.11 Å². The molecule has 6 heteroatoms. The number of carboxylic acid groups (broad SMARTS) is 1. The van der Waals surface area contributed by atoms with E-state index in [1.165, 1.54) is 24.4 Å². The summed E-state index contributed by atoms with van der Waals surface area (Å²) < 4.78 is 22.7. The molecule has 0 atom stereocenters. The van der Waals surface area contributed by atoms with Crippen molar-refractivity contribution in [3.8, 4) is 0 Å². The molecule has 1 N–H and O–H groups in total. The third-order valence-corrected chi connectivity index (χ3v) is 3.44. The molecule has 0 saturated heterocycles. The molecule has 0 aliphatic rings. The molecule has 1 heterocycles. The molecular formula is C11H9NO4S. The Morgan fingerprint density at radius 1 is 1.29 bits per heavy atom. The van der Waals surface area contributed by atoms with Crippen LogP contribution in [0.25, 0.3) is 10.9 Å². The van der Waals surface area contributed by atoms with Crippen molar-refractivity contribution in [3.63, 3.8) is 0 Å². The van der Waals surface area contributed by atoms with Crippen LogP contribution in [0.3, 0.4) is 0 Å². The number of pyridine rings is 1. The number of aromatic nitrogens is 1. The van der Waals surface area contributed by atoms with Gasteiger partial charge in [0, 0.05) is 17.8 Å². The molecule has 0 aliphatic heterocycles. The summed E-state index contributed by atoms with van der Waals surface area (Å²) in [5.41, 5.74) is 0.530. The van der Waals surface area contributed by atoms with Crippen LogP contribution in [0, 0.1) is 0 Å². The van der Waals surface area contributed by atoms with Crippen LogP contribution in [0.15, 0.2) is 35.4 Å². The lowest BCUT2D eigenvalue weighted by atomic mass is 10.1. The maximum Gasteiger partial charge on any atom is 0.337 e. The SMILES string of the molecule is CS(=O)(=O)c1ccc2cc(C(=O)O)cnc2c1. The number of carboxylic acids is 1. The average molecular weight is 251 g/mol. The molecule has 2 aromatic rings. The van der Waals surface area contributed by atoms with E-state index >= 15 is 0 Å². The van der Waals surface area contributed by atoms with Crippen molar-refractivity contribution >= 4 is 26.7 Å². The number of hydrogen-bond donors (Lipinski definition) is 1. The van der Waals surface area contributed by atoms with Gasteiger partial charge in [0.25, 0.3) is 0 Å². The Morgan fingerprint density at radius 2 is 2.00 bits per heavy atom. The molecule has 2 rings (SSSR count). The third-order valence-electron chi connectivity index (χ3n) is 2.33. The molecule has 88 valence electrons. The molecule has 17 heavy (non-hydrogen) atoms. The highest BCUT2D eigenvalue weighted by Crippen LogP contribution is 2.18. The lowest BCUT2D eigenvalue weighted by Gasteiger charge is -2.02. The van der Waals surface area contributed by atoms with Gasteiger partial charge in [-0.15, -0.1) is 0 Å². The summed E-state index contributed by atoms with van der Waals surface area (Å²) in [4.78, 5) is 14.8. The zero-order valence-corrected chi connectivity index (χ0v) is 9.73. The molecule has 0 radical (unpaired) electrons. The largest absolute Gasteiger partial charge is 0.478 e. The minimum Gasteiger partial charge on any atom is -0.478 e. The summed E-state index contributed by atoms with van der Waals surface area (Å²) in [5.74, 6) is -1.06. The molecule has 1 aromatic heterocycles. The number of hydrogen-bond acceptors (Lipinski definition) is 4. The Labute approximate surface area is 97.6 Å². The van der Waals surface area contributed by atoms with E-state index in [2.05, 4.69) is 4.98 Å². The van der Waals surface area contributed by atoms with Gasteiger partial charge in [-0.05, 0) is 18.2 Å². The number of benzene rings is 1. The molecule has 0 saturated carbocycles. The molecule has 1 aromatic carbocycles. The maximum absolute atomic E-state index is 11.3. The summed E-state index contributed by atoms with van der Waals surface area (Å²) in [7, 11) is -3.28. The Balaban J connectivity index is 2.66.